The van der Waals surface area contributed by atoms with Gasteiger partial charge in [-0.3, -0.25) is 0 Å². The van der Waals surface area contributed by atoms with Crippen molar-refractivity contribution in [1.82, 2.24) is 0 Å². The Morgan fingerprint density at radius 3 is 2.42 bits per heavy atom. The number of hydrogen-bond donors (Lipinski definition) is 1. The summed E-state index contributed by atoms with van der Waals surface area (Å²) in [5.41, 5.74) is 11.9. The van der Waals surface area contributed by atoms with Crippen LogP contribution in [0.25, 0.3) is 0 Å². The van der Waals surface area contributed by atoms with Gasteiger partial charge in [0, 0.05) is 24.5 Å². The lowest BCUT2D eigenvalue weighted by atomic mass is 10.1. The summed E-state index contributed by atoms with van der Waals surface area (Å²) < 4.78 is 0. The van der Waals surface area contributed by atoms with Crippen molar-refractivity contribution < 1.29 is 0 Å². The zero-order chi connectivity index (χ0) is 13.8. The van der Waals surface area contributed by atoms with E-state index in [4.69, 9.17) is 5.73 Å². The molecule has 100 valence electrons. The number of aryl methyl sites for hydroxylation is 2. The molecule has 2 N–H and O–H groups in total. The molecule has 19 heavy (non-hydrogen) atoms. The predicted molar refractivity (Wildman–Crippen MR) is 83.5 cm³/mol. The summed E-state index contributed by atoms with van der Waals surface area (Å²) in [6.07, 6.45) is 0. The van der Waals surface area contributed by atoms with Crippen LogP contribution in [0.2, 0.25) is 0 Å². The van der Waals surface area contributed by atoms with E-state index in [0.717, 1.165) is 18.8 Å². The predicted octanol–water partition coefficient (Wildman–Crippen LogP) is 3.91. The Hall–Kier alpha value is -1.96. The first kappa shape index (κ1) is 13.5. The molecular formula is C17H22N2. The standard InChI is InChI=1S/C17H22N2/c1-4-19(17-7-5-6-16(18)11-17)12-15-9-8-13(2)14(3)10-15/h5-11H,4,12,18H2,1-3H3. The largest absolute Gasteiger partial charge is 0.399 e. The number of nitrogens with zero attached hydrogens (tertiary/aromatic N) is 1. The van der Waals surface area contributed by atoms with Gasteiger partial charge in [-0.05, 0) is 55.7 Å². The number of benzene rings is 2. The molecule has 0 aliphatic rings. The van der Waals surface area contributed by atoms with Crippen LogP contribution in [0.5, 0.6) is 0 Å². The highest BCUT2D eigenvalue weighted by Gasteiger charge is 2.06. The van der Waals surface area contributed by atoms with E-state index in [1.807, 2.05) is 18.2 Å². The van der Waals surface area contributed by atoms with Crippen molar-refractivity contribution in [3.63, 3.8) is 0 Å². The van der Waals surface area contributed by atoms with Crippen molar-refractivity contribution >= 4 is 11.4 Å². The fourth-order valence-corrected chi connectivity index (χ4v) is 2.23. The summed E-state index contributed by atoms with van der Waals surface area (Å²) >= 11 is 0. The zero-order valence-electron chi connectivity index (χ0n) is 12.0. The Morgan fingerprint density at radius 1 is 1.00 bits per heavy atom. The summed E-state index contributed by atoms with van der Waals surface area (Å²) in [5.74, 6) is 0. The molecule has 0 heterocycles. The molecule has 0 aliphatic carbocycles. The molecule has 2 rings (SSSR count). The third kappa shape index (κ3) is 3.28. The minimum atomic E-state index is 0.816. The van der Waals surface area contributed by atoms with E-state index in [1.54, 1.807) is 0 Å². The van der Waals surface area contributed by atoms with Gasteiger partial charge >= 0.3 is 0 Å². The maximum absolute atomic E-state index is 5.86. The summed E-state index contributed by atoms with van der Waals surface area (Å²) in [6.45, 7) is 8.37. The lowest BCUT2D eigenvalue weighted by Gasteiger charge is -2.24. The molecule has 0 spiro atoms. The van der Waals surface area contributed by atoms with Crippen LogP contribution in [0.4, 0.5) is 11.4 Å². The summed E-state index contributed by atoms with van der Waals surface area (Å²) in [5, 5.41) is 0. The van der Waals surface area contributed by atoms with Gasteiger partial charge in [-0.15, -0.1) is 0 Å². The monoisotopic (exact) mass is 254 g/mol. The summed E-state index contributed by atoms with van der Waals surface area (Å²) in [4.78, 5) is 2.33. The van der Waals surface area contributed by atoms with Crippen molar-refractivity contribution in [1.29, 1.82) is 0 Å². The molecule has 0 saturated heterocycles. The molecule has 0 fully saturated rings. The second-order valence-electron chi connectivity index (χ2n) is 5.03. The van der Waals surface area contributed by atoms with E-state index < -0.39 is 0 Å². The van der Waals surface area contributed by atoms with E-state index in [9.17, 15) is 0 Å². The van der Waals surface area contributed by atoms with Crippen LogP contribution >= 0.6 is 0 Å². The molecule has 0 aromatic heterocycles. The van der Waals surface area contributed by atoms with Crippen LogP contribution in [0.15, 0.2) is 42.5 Å². The van der Waals surface area contributed by atoms with E-state index in [-0.39, 0.29) is 0 Å². The Morgan fingerprint density at radius 2 is 1.79 bits per heavy atom. The normalized spacial score (nSPS) is 10.5. The van der Waals surface area contributed by atoms with E-state index in [0.29, 0.717) is 0 Å². The lowest BCUT2D eigenvalue weighted by molar-refractivity contribution is 0.831. The van der Waals surface area contributed by atoms with Gasteiger partial charge in [0.1, 0.15) is 0 Å². The topological polar surface area (TPSA) is 29.3 Å². The molecule has 0 bridgehead atoms. The SMILES string of the molecule is CCN(Cc1ccc(C)c(C)c1)c1cccc(N)c1. The minimum Gasteiger partial charge on any atom is -0.399 e. The fraction of sp³-hybridized carbons (Fsp3) is 0.294. The third-order valence-corrected chi connectivity index (χ3v) is 3.56. The molecule has 0 atom stereocenters. The van der Waals surface area contributed by atoms with Crippen molar-refractivity contribution in [2.75, 3.05) is 17.2 Å². The van der Waals surface area contributed by atoms with Crippen LogP contribution in [0.1, 0.15) is 23.6 Å². The highest BCUT2D eigenvalue weighted by Crippen LogP contribution is 2.20. The van der Waals surface area contributed by atoms with Gasteiger partial charge in [-0.2, -0.15) is 0 Å². The van der Waals surface area contributed by atoms with Gasteiger partial charge in [0.05, 0.1) is 0 Å². The molecule has 2 aromatic carbocycles. The molecule has 0 amide bonds. The van der Waals surface area contributed by atoms with Gasteiger partial charge in [-0.25, -0.2) is 0 Å². The van der Waals surface area contributed by atoms with E-state index in [1.165, 1.54) is 22.4 Å². The van der Waals surface area contributed by atoms with Crippen molar-refractivity contribution in [3.05, 3.63) is 59.2 Å². The number of rotatable bonds is 4. The van der Waals surface area contributed by atoms with Gasteiger partial charge in [-0.1, -0.05) is 24.3 Å². The first-order valence-electron chi connectivity index (χ1n) is 6.76. The zero-order valence-corrected chi connectivity index (χ0v) is 12.0. The van der Waals surface area contributed by atoms with Crippen molar-refractivity contribution in [3.8, 4) is 0 Å². The van der Waals surface area contributed by atoms with Gasteiger partial charge < -0.3 is 10.6 Å². The van der Waals surface area contributed by atoms with Crippen LogP contribution in [0.3, 0.4) is 0 Å². The van der Waals surface area contributed by atoms with Gasteiger partial charge in [0.15, 0.2) is 0 Å². The van der Waals surface area contributed by atoms with E-state index in [2.05, 4.69) is 49.9 Å². The van der Waals surface area contributed by atoms with Gasteiger partial charge in [0.25, 0.3) is 0 Å². The molecule has 2 heteroatoms. The molecule has 2 nitrogen and oxygen atoms in total. The first-order chi connectivity index (χ1) is 9.10. The number of nitrogen functional groups attached to an aromatic ring is 1. The second-order valence-corrected chi connectivity index (χ2v) is 5.03. The third-order valence-electron chi connectivity index (χ3n) is 3.56. The van der Waals surface area contributed by atoms with Crippen LogP contribution in [-0.4, -0.2) is 6.54 Å². The van der Waals surface area contributed by atoms with Crippen LogP contribution < -0.4 is 10.6 Å². The van der Waals surface area contributed by atoms with Crippen molar-refractivity contribution in [2.24, 2.45) is 0 Å². The first-order valence-corrected chi connectivity index (χ1v) is 6.76. The Kier molecular flexibility index (Phi) is 4.10. The highest BCUT2D eigenvalue weighted by molar-refractivity contribution is 5.56. The van der Waals surface area contributed by atoms with E-state index >= 15 is 0 Å². The molecule has 0 radical (unpaired) electrons. The highest BCUT2D eigenvalue weighted by atomic mass is 15.1. The Balaban J connectivity index is 2.21. The molecular weight excluding hydrogens is 232 g/mol. The van der Waals surface area contributed by atoms with Gasteiger partial charge in [0.2, 0.25) is 0 Å². The maximum atomic E-state index is 5.86. The average Bonchev–Trinajstić information content (AvgIpc) is 2.40. The maximum Gasteiger partial charge on any atom is 0.0429 e. The summed E-state index contributed by atoms with van der Waals surface area (Å²) in [6, 6.07) is 14.7. The van der Waals surface area contributed by atoms with Crippen LogP contribution in [-0.2, 0) is 6.54 Å². The lowest BCUT2D eigenvalue weighted by Crippen LogP contribution is -2.22. The number of hydrogen-bond acceptors (Lipinski definition) is 2. The average molecular weight is 254 g/mol. The number of anilines is 2. The quantitative estimate of drug-likeness (QED) is 0.838. The number of nitrogens with two attached hydrogens (primary N) is 1. The molecule has 0 aliphatic heterocycles. The second kappa shape index (κ2) is 5.79. The smallest absolute Gasteiger partial charge is 0.0429 e. The van der Waals surface area contributed by atoms with Crippen LogP contribution in [0, 0.1) is 13.8 Å². The Bertz CT molecular complexity index is 561. The summed E-state index contributed by atoms with van der Waals surface area (Å²) in [7, 11) is 0. The van der Waals surface area contributed by atoms with Crippen molar-refractivity contribution in [2.45, 2.75) is 27.3 Å². The molecule has 2 aromatic rings. The Labute approximate surface area is 115 Å². The minimum absolute atomic E-state index is 0.816. The fourth-order valence-electron chi connectivity index (χ4n) is 2.23. The molecule has 0 saturated carbocycles. The molecule has 0 unspecified atom stereocenters.